The molecule has 1 aliphatic rings. The zero-order valence-corrected chi connectivity index (χ0v) is 16.5. The molecule has 0 aromatic heterocycles. The fourth-order valence-corrected chi connectivity index (χ4v) is 3.17. The molecule has 28 heavy (non-hydrogen) atoms. The lowest BCUT2D eigenvalue weighted by Crippen LogP contribution is -3.12. The Morgan fingerprint density at radius 2 is 1.89 bits per heavy atom. The number of halogens is 1. The average molecular weight is 404 g/mol. The zero-order valence-electron chi connectivity index (χ0n) is 15.7. The predicted molar refractivity (Wildman–Crippen MR) is 107 cm³/mol. The first-order valence-electron chi connectivity index (χ1n) is 9.29. The van der Waals surface area contributed by atoms with Crippen LogP contribution in [0.25, 0.3) is 0 Å². The fraction of sp³-hybridized carbons (Fsp3) is 0.333. The summed E-state index contributed by atoms with van der Waals surface area (Å²) in [5.74, 6) is -0.942. The van der Waals surface area contributed by atoms with E-state index in [0.29, 0.717) is 16.3 Å². The highest BCUT2D eigenvalue weighted by molar-refractivity contribution is 6.30. The van der Waals surface area contributed by atoms with E-state index < -0.39 is 18.0 Å². The number of morpholine rings is 1. The highest BCUT2D eigenvalue weighted by Gasteiger charge is 2.20. The molecule has 6 nitrogen and oxygen atoms in total. The minimum Gasteiger partial charge on any atom is -0.449 e. The first-order chi connectivity index (χ1) is 13.5. The third kappa shape index (κ3) is 5.79. The number of ether oxygens (including phenoxy) is 2. The molecule has 1 aliphatic heterocycles. The van der Waals surface area contributed by atoms with Crippen LogP contribution in [0, 0.1) is 0 Å². The summed E-state index contributed by atoms with van der Waals surface area (Å²) in [4.78, 5) is 26.0. The molecule has 0 saturated carbocycles. The van der Waals surface area contributed by atoms with Gasteiger partial charge >= 0.3 is 5.97 Å². The predicted octanol–water partition coefficient (Wildman–Crippen LogP) is 1.94. The van der Waals surface area contributed by atoms with Crippen LogP contribution in [-0.2, 0) is 20.8 Å². The summed E-state index contributed by atoms with van der Waals surface area (Å²) in [6.45, 7) is 5.99. The lowest BCUT2D eigenvalue weighted by atomic mass is 10.1. The molecule has 1 amide bonds. The van der Waals surface area contributed by atoms with Crippen LogP contribution in [0.15, 0.2) is 48.5 Å². The SMILES string of the molecule is C[C@@H](OC(=O)c1ccc(C[NH+]2CCOCC2)cc1)C(=O)Nc1cccc(Cl)c1. The van der Waals surface area contributed by atoms with Crippen molar-refractivity contribution in [2.24, 2.45) is 0 Å². The highest BCUT2D eigenvalue weighted by Crippen LogP contribution is 2.15. The minimum atomic E-state index is -0.927. The van der Waals surface area contributed by atoms with Crippen LogP contribution >= 0.6 is 11.6 Å². The van der Waals surface area contributed by atoms with Crippen LogP contribution in [0.1, 0.15) is 22.8 Å². The fourth-order valence-electron chi connectivity index (χ4n) is 2.98. The van der Waals surface area contributed by atoms with Crippen LogP contribution < -0.4 is 10.2 Å². The van der Waals surface area contributed by atoms with E-state index >= 15 is 0 Å². The van der Waals surface area contributed by atoms with Gasteiger partial charge in [-0.25, -0.2) is 4.79 Å². The molecular weight excluding hydrogens is 380 g/mol. The molecule has 7 heteroatoms. The summed E-state index contributed by atoms with van der Waals surface area (Å²) < 4.78 is 10.7. The van der Waals surface area contributed by atoms with E-state index in [-0.39, 0.29) is 0 Å². The van der Waals surface area contributed by atoms with Crippen molar-refractivity contribution in [2.75, 3.05) is 31.6 Å². The van der Waals surface area contributed by atoms with E-state index in [4.69, 9.17) is 21.1 Å². The second-order valence-electron chi connectivity index (χ2n) is 6.78. The molecule has 0 bridgehead atoms. The number of hydrogen-bond donors (Lipinski definition) is 2. The van der Waals surface area contributed by atoms with Crippen LogP contribution in [0.5, 0.6) is 0 Å². The molecule has 3 rings (SSSR count). The number of esters is 1. The molecular formula is C21H24ClN2O4+. The quantitative estimate of drug-likeness (QED) is 0.723. The Balaban J connectivity index is 1.52. The molecule has 1 saturated heterocycles. The van der Waals surface area contributed by atoms with Gasteiger partial charge in [0.2, 0.25) is 0 Å². The van der Waals surface area contributed by atoms with Crippen LogP contribution in [0.4, 0.5) is 5.69 Å². The summed E-state index contributed by atoms with van der Waals surface area (Å²) in [7, 11) is 0. The molecule has 1 fully saturated rings. The number of nitrogens with one attached hydrogen (secondary N) is 2. The molecule has 148 valence electrons. The van der Waals surface area contributed by atoms with Gasteiger partial charge in [-0.2, -0.15) is 0 Å². The molecule has 1 atom stereocenters. The number of anilines is 1. The van der Waals surface area contributed by atoms with E-state index in [9.17, 15) is 9.59 Å². The van der Waals surface area contributed by atoms with E-state index in [1.54, 1.807) is 36.4 Å². The maximum Gasteiger partial charge on any atom is 0.338 e. The highest BCUT2D eigenvalue weighted by atomic mass is 35.5. The van der Waals surface area contributed by atoms with Crippen molar-refractivity contribution >= 4 is 29.2 Å². The topological polar surface area (TPSA) is 69.1 Å². The second-order valence-corrected chi connectivity index (χ2v) is 7.22. The normalized spacial score (nSPS) is 15.6. The van der Waals surface area contributed by atoms with Gasteiger partial charge in [-0.1, -0.05) is 29.8 Å². The molecule has 0 unspecified atom stereocenters. The van der Waals surface area contributed by atoms with E-state index in [0.717, 1.165) is 38.4 Å². The van der Waals surface area contributed by atoms with Crippen LogP contribution in [0.3, 0.4) is 0 Å². The van der Waals surface area contributed by atoms with Crippen molar-refractivity contribution in [1.82, 2.24) is 0 Å². The number of carbonyl (C=O) groups is 2. The maximum atomic E-state index is 12.3. The van der Waals surface area contributed by atoms with Gasteiger partial charge in [-0.15, -0.1) is 0 Å². The summed E-state index contributed by atoms with van der Waals surface area (Å²) in [6, 6.07) is 14.1. The van der Waals surface area contributed by atoms with Crippen LogP contribution in [0.2, 0.25) is 5.02 Å². The van der Waals surface area contributed by atoms with Gasteiger partial charge in [0, 0.05) is 16.3 Å². The van der Waals surface area contributed by atoms with Crippen molar-refractivity contribution in [3.63, 3.8) is 0 Å². The Kier molecular flexibility index (Phi) is 7.03. The van der Waals surface area contributed by atoms with Gasteiger partial charge in [0.25, 0.3) is 5.91 Å². The molecule has 2 N–H and O–H groups in total. The number of carbonyl (C=O) groups excluding carboxylic acids is 2. The third-order valence-corrected chi connectivity index (χ3v) is 4.82. The lowest BCUT2D eigenvalue weighted by molar-refractivity contribution is -0.921. The van der Waals surface area contributed by atoms with Gasteiger partial charge in [-0.3, -0.25) is 4.79 Å². The minimum absolute atomic E-state index is 0.414. The maximum absolute atomic E-state index is 12.3. The molecule has 2 aromatic carbocycles. The third-order valence-electron chi connectivity index (χ3n) is 4.59. The van der Waals surface area contributed by atoms with Gasteiger partial charge in [0.05, 0.1) is 18.8 Å². The lowest BCUT2D eigenvalue weighted by Gasteiger charge is -2.23. The Hall–Kier alpha value is -2.41. The molecule has 0 radical (unpaired) electrons. The van der Waals surface area contributed by atoms with Gasteiger partial charge in [0.1, 0.15) is 19.6 Å². The van der Waals surface area contributed by atoms with Gasteiger partial charge in [-0.05, 0) is 37.3 Å². The smallest absolute Gasteiger partial charge is 0.338 e. The first kappa shape index (κ1) is 20.3. The van der Waals surface area contributed by atoms with Crippen molar-refractivity contribution in [3.8, 4) is 0 Å². The van der Waals surface area contributed by atoms with Crippen molar-refractivity contribution in [2.45, 2.75) is 19.6 Å². The molecule has 2 aromatic rings. The van der Waals surface area contributed by atoms with Gasteiger partial charge < -0.3 is 19.7 Å². The van der Waals surface area contributed by atoms with E-state index in [1.165, 1.54) is 11.8 Å². The van der Waals surface area contributed by atoms with Gasteiger partial charge in [0.15, 0.2) is 6.10 Å². The number of benzene rings is 2. The average Bonchev–Trinajstić information content (AvgIpc) is 2.69. The van der Waals surface area contributed by atoms with E-state index in [1.807, 2.05) is 12.1 Å². The standard InChI is InChI=1S/C21H23ClN2O4/c1-15(20(25)23-19-4-2-3-18(22)13-19)28-21(26)17-7-5-16(6-8-17)14-24-9-11-27-12-10-24/h2-8,13,15H,9-12,14H2,1H3,(H,23,25)/p+1/t15-/m1/s1. The molecule has 1 heterocycles. The first-order valence-corrected chi connectivity index (χ1v) is 9.67. The van der Waals surface area contributed by atoms with Crippen molar-refractivity contribution in [1.29, 1.82) is 0 Å². The number of hydrogen-bond acceptors (Lipinski definition) is 4. The molecule has 0 spiro atoms. The monoisotopic (exact) mass is 403 g/mol. The summed E-state index contributed by atoms with van der Waals surface area (Å²) in [5.41, 5.74) is 2.12. The largest absolute Gasteiger partial charge is 0.449 e. The van der Waals surface area contributed by atoms with Crippen LogP contribution in [-0.4, -0.2) is 44.3 Å². The Morgan fingerprint density at radius 3 is 2.57 bits per heavy atom. The molecule has 0 aliphatic carbocycles. The summed E-state index contributed by atoms with van der Waals surface area (Å²) in [6.07, 6.45) is -0.927. The van der Waals surface area contributed by atoms with E-state index in [2.05, 4.69) is 5.32 Å². The Labute approximate surface area is 169 Å². The zero-order chi connectivity index (χ0) is 19.9. The number of rotatable bonds is 6. The summed E-state index contributed by atoms with van der Waals surface area (Å²) >= 11 is 5.90. The number of quaternary nitrogens is 1. The van der Waals surface area contributed by atoms with Crippen molar-refractivity contribution < 1.29 is 24.0 Å². The Bertz CT molecular complexity index is 819. The second kappa shape index (κ2) is 9.68. The number of amides is 1. The van der Waals surface area contributed by atoms with Crippen molar-refractivity contribution in [3.05, 3.63) is 64.7 Å². The summed E-state index contributed by atoms with van der Waals surface area (Å²) in [5, 5.41) is 3.20. The Morgan fingerprint density at radius 1 is 1.18 bits per heavy atom.